The van der Waals surface area contributed by atoms with Gasteiger partial charge in [-0.2, -0.15) is 4.58 Å². The Morgan fingerprint density at radius 3 is 2.41 bits per heavy atom. The van der Waals surface area contributed by atoms with Gasteiger partial charge in [0.05, 0.1) is 11.5 Å². The number of aliphatic hydroxyl groups excluding tert-OH is 1. The number of fused-ring (bicyclic) bond motifs is 3. The summed E-state index contributed by atoms with van der Waals surface area (Å²) in [5.41, 5.74) is 8.23. The third-order valence-corrected chi connectivity index (χ3v) is 10.6. The molecule has 3 aliphatic rings. The summed E-state index contributed by atoms with van der Waals surface area (Å²) < 4.78 is 2.66. The van der Waals surface area contributed by atoms with E-state index in [-0.39, 0.29) is 11.5 Å². The number of hydrogen-bond acceptors (Lipinski definition) is 2. The first kappa shape index (κ1) is 30.6. The summed E-state index contributed by atoms with van der Waals surface area (Å²) in [4.78, 5) is 2.40. The second kappa shape index (κ2) is 13.7. The first-order chi connectivity index (χ1) is 21.5. The van der Waals surface area contributed by atoms with Crippen molar-refractivity contribution in [2.24, 2.45) is 5.92 Å². The van der Waals surface area contributed by atoms with E-state index in [1.54, 1.807) is 0 Å². The van der Waals surface area contributed by atoms with Crippen molar-refractivity contribution < 1.29 is 9.68 Å². The molecule has 1 atom stereocenters. The molecular formula is C41H51N2O+. The van der Waals surface area contributed by atoms with Crippen molar-refractivity contribution in [2.45, 2.75) is 90.1 Å². The van der Waals surface area contributed by atoms with Crippen LogP contribution in [0.3, 0.4) is 0 Å². The summed E-state index contributed by atoms with van der Waals surface area (Å²) in [5.74, 6) is 0.780. The van der Waals surface area contributed by atoms with Crippen LogP contribution in [0.25, 0.3) is 16.8 Å². The van der Waals surface area contributed by atoms with Crippen molar-refractivity contribution in [3.05, 3.63) is 102 Å². The highest BCUT2D eigenvalue weighted by Crippen LogP contribution is 2.48. The average molecular weight is 588 g/mol. The molecule has 0 aromatic heterocycles. The fourth-order valence-electron chi connectivity index (χ4n) is 8.09. The Kier molecular flexibility index (Phi) is 9.52. The lowest BCUT2D eigenvalue weighted by Crippen LogP contribution is -2.32. The number of nitrogens with zero attached hydrogens (tertiary/aromatic N) is 2. The van der Waals surface area contributed by atoms with Crippen molar-refractivity contribution in [1.29, 1.82) is 0 Å². The second-order valence-electron chi connectivity index (χ2n) is 13.5. The SMILES string of the molecule is CCN(CC)c1ccc(/C=C/C2=[N+](CCCCC3CCC(O)CC3)c3ccc4ccccc4c3C2(C)CC2=CC=CC2)cc1. The Hall–Kier alpha value is -3.43. The van der Waals surface area contributed by atoms with Crippen LogP contribution >= 0.6 is 0 Å². The van der Waals surface area contributed by atoms with E-state index in [2.05, 4.69) is 121 Å². The molecule has 3 heteroatoms. The fourth-order valence-corrected chi connectivity index (χ4v) is 8.09. The molecule has 2 aliphatic carbocycles. The van der Waals surface area contributed by atoms with Crippen LogP contribution in [0.5, 0.6) is 0 Å². The van der Waals surface area contributed by atoms with Gasteiger partial charge in [-0.1, -0.05) is 66.6 Å². The van der Waals surface area contributed by atoms with Gasteiger partial charge < -0.3 is 10.0 Å². The fraction of sp³-hybridized carbons (Fsp3) is 0.439. The smallest absolute Gasteiger partial charge is 0.210 e. The third kappa shape index (κ3) is 6.35. The maximum atomic E-state index is 9.96. The minimum absolute atomic E-state index is 0.0672. The molecule has 1 N–H and O–H groups in total. The lowest BCUT2D eigenvalue weighted by molar-refractivity contribution is -0.438. The highest BCUT2D eigenvalue weighted by atomic mass is 16.3. The molecule has 3 aromatic rings. The average Bonchev–Trinajstić information content (AvgIpc) is 3.64. The molecule has 3 nitrogen and oxygen atoms in total. The highest BCUT2D eigenvalue weighted by molar-refractivity contribution is 6.09. The quantitative estimate of drug-likeness (QED) is 0.169. The van der Waals surface area contributed by atoms with E-state index < -0.39 is 0 Å². The molecule has 0 amide bonds. The maximum absolute atomic E-state index is 9.96. The number of aliphatic hydroxyl groups is 1. The molecule has 6 rings (SSSR count). The molecule has 1 saturated carbocycles. The summed E-state index contributed by atoms with van der Waals surface area (Å²) >= 11 is 0. The van der Waals surface area contributed by atoms with Gasteiger partial charge in [0, 0.05) is 42.9 Å². The summed E-state index contributed by atoms with van der Waals surface area (Å²) in [6, 6.07) is 22.8. The predicted molar refractivity (Wildman–Crippen MR) is 188 cm³/mol. The van der Waals surface area contributed by atoms with Gasteiger partial charge in [-0.25, -0.2) is 0 Å². The summed E-state index contributed by atoms with van der Waals surface area (Å²) in [7, 11) is 0. The zero-order valence-corrected chi connectivity index (χ0v) is 27.1. The van der Waals surface area contributed by atoms with Gasteiger partial charge in [0.1, 0.15) is 6.54 Å². The zero-order chi connectivity index (χ0) is 30.5. The van der Waals surface area contributed by atoms with Crippen LogP contribution in [0.15, 0.2) is 90.5 Å². The molecule has 1 unspecified atom stereocenters. The number of anilines is 1. The lowest BCUT2D eigenvalue weighted by Gasteiger charge is -2.25. The van der Waals surface area contributed by atoms with Crippen LogP contribution in [0.2, 0.25) is 0 Å². The van der Waals surface area contributed by atoms with Gasteiger partial charge >= 0.3 is 0 Å². The Balaban J connectivity index is 1.35. The number of rotatable bonds is 12. The summed E-state index contributed by atoms with van der Waals surface area (Å²) in [6.07, 6.45) is 21.7. The van der Waals surface area contributed by atoms with Crippen LogP contribution in [0.4, 0.5) is 11.4 Å². The third-order valence-electron chi connectivity index (χ3n) is 10.6. The van der Waals surface area contributed by atoms with Crippen LogP contribution in [0.1, 0.15) is 89.7 Å². The lowest BCUT2D eigenvalue weighted by atomic mass is 9.72. The van der Waals surface area contributed by atoms with E-state index in [9.17, 15) is 5.11 Å². The van der Waals surface area contributed by atoms with Gasteiger partial charge in [-0.15, -0.1) is 0 Å². The largest absolute Gasteiger partial charge is 0.393 e. The summed E-state index contributed by atoms with van der Waals surface area (Å²) in [5, 5.41) is 12.7. The Morgan fingerprint density at radius 1 is 0.909 bits per heavy atom. The molecule has 44 heavy (non-hydrogen) atoms. The topological polar surface area (TPSA) is 26.5 Å². The van der Waals surface area contributed by atoms with Gasteiger partial charge in [-0.3, -0.25) is 0 Å². The van der Waals surface area contributed by atoms with E-state index in [4.69, 9.17) is 0 Å². The number of benzene rings is 3. The standard InChI is InChI=1S/C41H51N2O/c1-4-42(5-2)35-23-17-32(18-24-35)21-28-39-41(3,30-33-13-6-7-14-33)40-37-16-9-8-15-34(37)22-27-38(40)43(39)29-11-10-12-31-19-25-36(44)26-20-31/h6-9,13,15-18,21-24,27-28,31,36,44H,4-5,10-12,14,19-20,25-26,29-30H2,1-3H3/q+1. The van der Waals surface area contributed by atoms with Crippen LogP contribution in [0, 0.1) is 5.92 Å². The zero-order valence-electron chi connectivity index (χ0n) is 27.1. The first-order valence-electron chi connectivity index (χ1n) is 17.2. The molecule has 3 aromatic carbocycles. The van der Waals surface area contributed by atoms with E-state index in [1.165, 1.54) is 76.7 Å². The van der Waals surface area contributed by atoms with E-state index >= 15 is 0 Å². The van der Waals surface area contributed by atoms with E-state index in [0.29, 0.717) is 0 Å². The second-order valence-corrected chi connectivity index (χ2v) is 13.5. The molecule has 1 heterocycles. The number of allylic oxidation sites excluding steroid dienone is 5. The van der Waals surface area contributed by atoms with Crippen LogP contribution in [-0.2, 0) is 5.41 Å². The Morgan fingerprint density at radius 2 is 1.68 bits per heavy atom. The van der Waals surface area contributed by atoms with E-state index in [1.807, 2.05) is 0 Å². The molecule has 0 spiro atoms. The molecule has 230 valence electrons. The number of unbranched alkanes of at least 4 members (excludes halogenated alkanes) is 1. The van der Waals surface area contributed by atoms with Crippen molar-refractivity contribution in [3.8, 4) is 0 Å². The monoisotopic (exact) mass is 587 g/mol. The Labute approximate surface area is 265 Å². The van der Waals surface area contributed by atoms with Crippen molar-refractivity contribution in [3.63, 3.8) is 0 Å². The maximum Gasteiger partial charge on any atom is 0.210 e. The molecule has 1 aliphatic heterocycles. The van der Waals surface area contributed by atoms with Gasteiger partial charge in [0.15, 0.2) is 5.71 Å². The van der Waals surface area contributed by atoms with Crippen molar-refractivity contribution in [1.82, 2.24) is 0 Å². The minimum Gasteiger partial charge on any atom is -0.393 e. The predicted octanol–water partition coefficient (Wildman–Crippen LogP) is 9.75. The Bertz CT molecular complexity index is 1560. The molecule has 0 bridgehead atoms. The van der Waals surface area contributed by atoms with Crippen LogP contribution < -0.4 is 4.90 Å². The normalized spacial score (nSPS) is 23.1. The van der Waals surface area contributed by atoms with Gasteiger partial charge in [0.25, 0.3) is 0 Å². The van der Waals surface area contributed by atoms with Crippen LogP contribution in [-0.4, -0.2) is 41.1 Å². The number of hydrogen-bond donors (Lipinski definition) is 1. The minimum atomic E-state index is -0.120. The molecular weight excluding hydrogens is 536 g/mol. The van der Waals surface area contributed by atoms with Gasteiger partial charge in [-0.05, 0) is 112 Å². The molecule has 0 radical (unpaired) electrons. The molecule has 1 fully saturated rings. The van der Waals surface area contributed by atoms with Crippen molar-refractivity contribution >= 4 is 33.9 Å². The van der Waals surface area contributed by atoms with Gasteiger partial charge in [0.2, 0.25) is 5.69 Å². The summed E-state index contributed by atoms with van der Waals surface area (Å²) in [6.45, 7) is 10.0. The van der Waals surface area contributed by atoms with Crippen molar-refractivity contribution in [2.75, 3.05) is 24.5 Å². The highest BCUT2D eigenvalue weighted by Gasteiger charge is 2.49. The first-order valence-corrected chi connectivity index (χ1v) is 17.2. The molecule has 0 saturated heterocycles. The van der Waals surface area contributed by atoms with E-state index in [0.717, 1.165) is 51.2 Å².